The molecule has 0 radical (unpaired) electrons. The van der Waals surface area contributed by atoms with Gasteiger partial charge in [0.1, 0.15) is 0 Å². The van der Waals surface area contributed by atoms with Gasteiger partial charge in [-0.05, 0) is 19.4 Å². The molecule has 0 unspecified atom stereocenters. The molecule has 1 saturated heterocycles. The number of aromatic nitrogens is 2. The van der Waals surface area contributed by atoms with Gasteiger partial charge in [-0.15, -0.1) is 0 Å². The number of nitrogens with one attached hydrogen (secondary N) is 1. The average Bonchev–Trinajstić information content (AvgIpc) is 2.47. The van der Waals surface area contributed by atoms with Crippen molar-refractivity contribution in [2.75, 3.05) is 25.0 Å². The van der Waals surface area contributed by atoms with Crippen LogP contribution in [0.1, 0.15) is 20.3 Å². The molecule has 6 nitrogen and oxygen atoms in total. The maximum Gasteiger partial charge on any atom is 0.243 e. The van der Waals surface area contributed by atoms with Gasteiger partial charge in [0, 0.05) is 25.5 Å². The molecule has 0 aliphatic carbocycles. The monoisotopic (exact) mass is 264 g/mol. The first-order chi connectivity index (χ1) is 9.20. The van der Waals surface area contributed by atoms with Gasteiger partial charge < -0.3 is 4.74 Å². The van der Waals surface area contributed by atoms with E-state index in [0.29, 0.717) is 12.6 Å². The van der Waals surface area contributed by atoms with Crippen LogP contribution in [0.5, 0.6) is 0 Å². The molecule has 2 heterocycles. The predicted molar refractivity (Wildman–Crippen MR) is 71.7 cm³/mol. The smallest absolute Gasteiger partial charge is 0.243 e. The highest BCUT2D eigenvalue weighted by atomic mass is 16.5. The molecule has 1 aromatic rings. The molecule has 1 aromatic heterocycles. The summed E-state index contributed by atoms with van der Waals surface area (Å²) < 4.78 is 5.61. The molecule has 1 aliphatic heterocycles. The van der Waals surface area contributed by atoms with Gasteiger partial charge in [0.25, 0.3) is 0 Å². The summed E-state index contributed by atoms with van der Waals surface area (Å²) in [7, 11) is 0. The molecule has 2 rings (SSSR count). The minimum absolute atomic E-state index is 0.0806. The summed E-state index contributed by atoms with van der Waals surface area (Å²) >= 11 is 0. The van der Waals surface area contributed by atoms with Gasteiger partial charge in [-0.3, -0.25) is 15.0 Å². The first-order valence-electron chi connectivity index (χ1n) is 6.64. The van der Waals surface area contributed by atoms with Crippen molar-refractivity contribution in [2.45, 2.75) is 32.4 Å². The minimum atomic E-state index is -0.207. The van der Waals surface area contributed by atoms with Crippen LogP contribution in [0.15, 0.2) is 18.5 Å². The van der Waals surface area contributed by atoms with Crippen molar-refractivity contribution in [1.29, 1.82) is 0 Å². The predicted octanol–water partition coefficient (Wildman–Crippen LogP) is 0.914. The molecule has 6 heteroatoms. The molecule has 0 aromatic carbocycles. The van der Waals surface area contributed by atoms with Crippen molar-refractivity contribution in [2.24, 2.45) is 0 Å². The van der Waals surface area contributed by atoms with Gasteiger partial charge in [0.05, 0.1) is 18.8 Å². The molecule has 1 N–H and O–H groups in total. The second kappa shape index (κ2) is 6.58. The van der Waals surface area contributed by atoms with E-state index in [2.05, 4.69) is 27.1 Å². The zero-order valence-electron chi connectivity index (χ0n) is 11.4. The number of nitrogens with zero attached hydrogens (tertiary/aromatic N) is 3. The van der Waals surface area contributed by atoms with E-state index in [4.69, 9.17) is 4.74 Å². The number of anilines is 1. The Balaban J connectivity index is 1.91. The fraction of sp³-hybridized carbons (Fsp3) is 0.615. The maximum atomic E-state index is 12.1. The molecule has 0 saturated carbocycles. The summed E-state index contributed by atoms with van der Waals surface area (Å²) in [6.45, 7) is 6.24. The normalized spacial score (nSPS) is 21.9. The standard InChI is InChI=1S/C13H20N4O2/c1-3-11-9-17(7-8-19-11)10(2)12(18)16-13-14-5-4-6-15-13/h4-6,10-11H,3,7-9H2,1-2H3,(H,14,15,16,18)/t10-,11+/m1/s1. The molecule has 2 atom stereocenters. The number of hydrogen-bond acceptors (Lipinski definition) is 5. The number of amides is 1. The number of morpholine rings is 1. The van der Waals surface area contributed by atoms with Gasteiger partial charge in [0.2, 0.25) is 11.9 Å². The minimum Gasteiger partial charge on any atom is -0.376 e. The van der Waals surface area contributed by atoms with Gasteiger partial charge in [0.15, 0.2) is 0 Å². The fourth-order valence-corrected chi connectivity index (χ4v) is 2.08. The van der Waals surface area contributed by atoms with Gasteiger partial charge in [-0.2, -0.15) is 0 Å². The summed E-state index contributed by atoms with van der Waals surface area (Å²) in [5.74, 6) is 0.266. The van der Waals surface area contributed by atoms with Crippen molar-refractivity contribution in [3.05, 3.63) is 18.5 Å². The van der Waals surface area contributed by atoms with Crippen LogP contribution in [-0.4, -0.2) is 52.6 Å². The van der Waals surface area contributed by atoms with E-state index in [-0.39, 0.29) is 18.1 Å². The van der Waals surface area contributed by atoms with E-state index in [0.717, 1.165) is 19.5 Å². The number of ether oxygens (including phenoxy) is 1. The first kappa shape index (κ1) is 13.9. The largest absolute Gasteiger partial charge is 0.376 e. The lowest BCUT2D eigenvalue weighted by Crippen LogP contribution is -2.50. The summed E-state index contributed by atoms with van der Waals surface area (Å²) in [4.78, 5) is 22.3. The van der Waals surface area contributed by atoms with Crippen molar-refractivity contribution in [3.8, 4) is 0 Å². The van der Waals surface area contributed by atoms with Crippen LogP contribution in [0.4, 0.5) is 5.95 Å². The quantitative estimate of drug-likeness (QED) is 0.875. The Bertz CT molecular complexity index is 412. The van der Waals surface area contributed by atoms with E-state index < -0.39 is 0 Å². The molecule has 19 heavy (non-hydrogen) atoms. The van der Waals surface area contributed by atoms with E-state index in [1.54, 1.807) is 18.5 Å². The highest BCUT2D eigenvalue weighted by molar-refractivity contribution is 5.93. The van der Waals surface area contributed by atoms with Crippen LogP contribution >= 0.6 is 0 Å². The molecular weight excluding hydrogens is 244 g/mol. The third-order valence-corrected chi connectivity index (χ3v) is 3.35. The van der Waals surface area contributed by atoms with Crippen LogP contribution < -0.4 is 5.32 Å². The third-order valence-electron chi connectivity index (χ3n) is 3.35. The lowest BCUT2D eigenvalue weighted by atomic mass is 10.1. The van der Waals surface area contributed by atoms with E-state index in [1.165, 1.54) is 0 Å². The molecule has 1 fully saturated rings. The van der Waals surface area contributed by atoms with Crippen molar-refractivity contribution in [1.82, 2.24) is 14.9 Å². The average molecular weight is 264 g/mol. The molecule has 1 amide bonds. The second-order valence-corrected chi connectivity index (χ2v) is 4.63. The van der Waals surface area contributed by atoms with Crippen molar-refractivity contribution in [3.63, 3.8) is 0 Å². The maximum absolute atomic E-state index is 12.1. The molecule has 104 valence electrons. The highest BCUT2D eigenvalue weighted by Gasteiger charge is 2.27. The zero-order chi connectivity index (χ0) is 13.7. The molecule has 0 spiro atoms. The Labute approximate surface area is 113 Å². The SMILES string of the molecule is CC[C@H]1CN([C@H](C)C(=O)Nc2ncccn2)CCO1. The summed E-state index contributed by atoms with van der Waals surface area (Å²) in [6, 6.07) is 1.51. The van der Waals surface area contributed by atoms with E-state index in [1.807, 2.05) is 6.92 Å². The summed E-state index contributed by atoms with van der Waals surface area (Å²) in [5, 5.41) is 2.73. The van der Waals surface area contributed by atoms with E-state index >= 15 is 0 Å². The Hall–Kier alpha value is -1.53. The lowest BCUT2D eigenvalue weighted by molar-refractivity contribution is -0.124. The van der Waals surface area contributed by atoms with Crippen LogP contribution in [-0.2, 0) is 9.53 Å². The Morgan fingerprint density at radius 3 is 3.00 bits per heavy atom. The van der Waals surface area contributed by atoms with Crippen molar-refractivity contribution < 1.29 is 9.53 Å². The summed E-state index contributed by atoms with van der Waals surface area (Å²) in [5.41, 5.74) is 0. The topological polar surface area (TPSA) is 67.4 Å². The number of hydrogen-bond donors (Lipinski definition) is 1. The Kier molecular flexibility index (Phi) is 4.81. The first-order valence-corrected chi connectivity index (χ1v) is 6.64. The number of rotatable bonds is 4. The number of carbonyl (C=O) groups is 1. The second-order valence-electron chi connectivity index (χ2n) is 4.63. The Morgan fingerprint density at radius 2 is 2.32 bits per heavy atom. The number of carbonyl (C=O) groups excluding carboxylic acids is 1. The molecular formula is C13H20N4O2. The lowest BCUT2D eigenvalue weighted by Gasteiger charge is -2.35. The van der Waals surface area contributed by atoms with Crippen LogP contribution in [0.25, 0.3) is 0 Å². The Morgan fingerprint density at radius 1 is 1.58 bits per heavy atom. The van der Waals surface area contributed by atoms with Crippen molar-refractivity contribution >= 4 is 11.9 Å². The summed E-state index contributed by atoms with van der Waals surface area (Å²) in [6.07, 6.45) is 4.40. The highest BCUT2D eigenvalue weighted by Crippen LogP contribution is 2.12. The van der Waals surface area contributed by atoms with E-state index in [9.17, 15) is 4.79 Å². The van der Waals surface area contributed by atoms with Gasteiger partial charge >= 0.3 is 0 Å². The van der Waals surface area contributed by atoms with Crippen LogP contribution in [0.3, 0.4) is 0 Å². The van der Waals surface area contributed by atoms with Gasteiger partial charge in [-0.1, -0.05) is 6.92 Å². The van der Waals surface area contributed by atoms with Crippen LogP contribution in [0, 0.1) is 0 Å². The third kappa shape index (κ3) is 3.71. The molecule has 1 aliphatic rings. The zero-order valence-corrected chi connectivity index (χ0v) is 11.4. The molecule has 0 bridgehead atoms. The van der Waals surface area contributed by atoms with Crippen LogP contribution in [0.2, 0.25) is 0 Å². The fourth-order valence-electron chi connectivity index (χ4n) is 2.08. The van der Waals surface area contributed by atoms with Gasteiger partial charge in [-0.25, -0.2) is 9.97 Å².